The first-order valence-electron chi connectivity index (χ1n) is 6.57. The minimum absolute atomic E-state index is 0.0524. The molecule has 2 rings (SSSR count). The molecule has 0 saturated heterocycles. The van der Waals surface area contributed by atoms with Gasteiger partial charge in [-0.15, -0.1) is 0 Å². The minimum Gasteiger partial charge on any atom is -0.294 e. The molecule has 0 heterocycles. The lowest BCUT2D eigenvalue weighted by atomic mass is 9.74. The Kier molecular flexibility index (Phi) is 4.39. The Morgan fingerprint density at radius 3 is 2.32 bits per heavy atom. The van der Waals surface area contributed by atoms with Gasteiger partial charge in [0.2, 0.25) is 0 Å². The van der Waals surface area contributed by atoms with Crippen LogP contribution in [0.15, 0.2) is 16.6 Å². The summed E-state index contributed by atoms with van der Waals surface area (Å²) >= 11 is 2.99. The Balaban J connectivity index is 2.27. The smallest absolute Gasteiger partial charge is 0.173 e. The van der Waals surface area contributed by atoms with Crippen LogP contribution in [0.25, 0.3) is 0 Å². The van der Waals surface area contributed by atoms with E-state index < -0.39 is 11.6 Å². The molecular formula is C15H17BrF2O. The molecule has 104 valence electrons. The van der Waals surface area contributed by atoms with Crippen molar-refractivity contribution in [1.29, 1.82) is 0 Å². The summed E-state index contributed by atoms with van der Waals surface area (Å²) in [7, 11) is 0. The van der Waals surface area contributed by atoms with Gasteiger partial charge in [-0.25, -0.2) is 8.78 Å². The lowest BCUT2D eigenvalue weighted by molar-refractivity contribution is 0.0834. The topological polar surface area (TPSA) is 17.1 Å². The van der Waals surface area contributed by atoms with Crippen LogP contribution in [0, 0.1) is 29.4 Å². The van der Waals surface area contributed by atoms with Gasteiger partial charge in [0.05, 0.1) is 4.47 Å². The second kappa shape index (κ2) is 5.70. The molecule has 1 fully saturated rings. The van der Waals surface area contributed by atoms with Gasteiger partial charge < -0.3 is 0 Å². The van der Waals surface area contributed by atoms with E-state index in [9.17, 15) is 13.6 Å². The van der Waals surface area contributed by atoms with E-state index in [-0.39, 0.29) is 21.7 Å². The van der Waals surface area contributed by atoms with Gasteiger partial charge in [-0.3, -0.25) is 4.79 Å². The molecule has 1 nitrogen and oxygen atoms in total. The molecule has 2 unspecified atom stereocenters. The highest BCUT2D eigenvalue weighted by Gasteiger charge is 2.31. The standard InChI is InChI=1S/C15H17BrF2O/c1-8-5-9(2)7-10(6-8)15(19)11-3-4-12(17)14(18)13(11)16/h3-4,8-10H,5-7H2,1-2H3. The molecule has 0 spiro atoms. The third kappa shape index (κ3) is 3.04. The Morgan fingerprint density at radius 2 is 1.74 bits per heavy atom. The van der Waals surface area contributed by atoms with E-state index in [1.807, 2.05) is 0 Å². The minimum atomic E-state index is -0.984. The molecular weight excluding hydrogens is 314 g/mol. The van der Waals surface area contributed by atoms with Crippen molar-refractivity contribution in [3.05, 3.63) is 33.8 Å². The van der Waals surface area contributed by atoms with Crippen molar-refractivity contribution in [2.75, 3.05) is 0 Å². The molecule has 19 heavy (non-hydrogen) atoms. The molecule has 0 N–H and O–H groups in total. The molecule has 1 aliphatic rings. The summed E-state index contributed by atoms with van der Waals surface area (Å²) in [5.41, 5.74) is 0.255. The van der Waals surface area contributed by atoms with Crippen LogP contribution in [-0.2, 0) is 0 Å². The predicted octanol–water partition coefficient (Wildman–Crippen LogP) is 4.98. The number of carbonyl (C=O) groups is 1. The summed E-state index contributed by atoms with van der Waals surface area (Å²) in [5, 5.41) is 0. The number of Topliss-reactive ketones (excluding diaryl/α,β-unsaturated/α-hetero) is 1. The first kappa shape index (κ1) is 14.6. The third-order valence-corrected chi connectivity index (χ3v) is 4.63. The molecule has 0 amide bonds. The summed E-state index contributed by atoms with van der Waals surface area (Å²) in [6, 6.07) is 2.39. The molecule has 1 aliphatic carbocycles. The number of rotatable bonds is 2. The largest absolute Gasteiger partial charge is 0.294 e. The molecule has 0 aromatic heterocycles. The van der Waals surface area contributed by atoms with E-state index in [0.29, 0.717) is 11.8 Å². The highest BCUT2D eigenvalue weighted by molar-refractivity contribution is 9.10. The zero-order valence-electron chi connectivity index (χ0n) is 11.1. The molecule has 2 atom stereocenters. The molecule has 4 heteroatoms. The van der Waals surface area contributed by atoms with Crippen LogP contribution in [0.5, 0.6) is 0 Å². The van der Waals surface area contributed by atoms with Gasteiger partial charge in [0.1, 0.15) is 0 Å². The first-order valence-corrected chi connectivity index (χ1v) is 7.37. The van der Waals surface area contributed by atoms with Crippen molar-refractivity contribution >= 4 is 21.7 Å². The van der Waals surface area contributed by atoms with Crippen molar-refractivity contribution < 1.29 is 13.6 Å². The number of ketones is 1. The first-order chi connectivity index (χ1) is 8.90. The normalized spacial score (nSPS) is 27.3. The molecule has 0 bridgehead atoms. The van der Waals surface area contributed by atoms with Crippen LogP contribution in [0.3, 0.4) is 0 Å². The van der Waals surface area contributed by atoms with Crippen LogP contribution in [-0.4, -0.2) is 5.78 Å². The van der Waals surface area contributed by atoms with Gasteiger partial charge in [-0.2, -0.15) is 0 Å². The van der Waals surface area contributed by atoms with Crippen molar-refractivity contribution in [2.45, 2.75) is 33.1 Å². The van der Waals surface area contributed by atoms with Crippen molar-refractivity contribution in [3.63, 3.8) is 0 Å². The number of benzene rings is 1. The summed E-state index contributed by atoms with van der Waals surface area (Å²) in [5.74, 6) is -1.08. The number of carbonyl (C=O) groups excluding carboxylic acids is 1. The molecule has 1 saturated carbocycles. The summed E-state index contributed by atoms with van der Waals surface area (Å²) in [4.78, 5) is 12.5. The SMILES string of the molecule is CC1CC(C)CC(C(=O)c2ccc(F)c(F)c2Br)C1. The maximum atomic E-state index is 13.5. The fourth-order valence-corrected chi connectivity index (χ4v) is 3.61. The summed E-state index contributed by atoms with van der Waals surface area (Å²) < 4.78 is 26.5. The monoisotopic (exact) mass is 330 g/mol. The average molecular weight is 331 g/mol. The van der Waals surface area contributed by atoms with E-state index in [2.05, 4.69) is 29.8 Å². The van der Waals surface area contributed by atoms with Crippen LogP contribution in [0.1, 0.15) is 43.5 Å². The van der Waals surface area contributed by atoms with Gasteiger partial charge in [-0.05, 0) is 59.2 Å². The molecule has 0 aliphatic heterocycles. The van der Waals surface area contributed by atoms with Crippen molar-refractivity contribution in [3.8, 4) is 0 Å². The Labute approximate surface area is 120 Å². The highest BCUT2D eigenvalue weighted by atomic mass is 79.9. The van der Waals surface area contributed by atoms with Crippen LogP contribution >= 0.6 is 15.9 Å². The summed E-state index contributed by atoms with van der Waals surface area (Å²) in [6.45, 7) is 4.27. The van der Waals surface area contributed by atoms with Crippen LogP contribution in [0.4, 0.5) is 8.78 Å². The van der Waals surface area contributed by atoms with Gasteiger partial charge in [0, 0.05) is 11.5 Å². The zero-order valence-corrected chi connectivity index (χ0v) is 12.6. The van der Waals surface area contributed by atoms with E-state index in [0.717, 1.165) is 25.3 Å². The van der Waals surface area contributed by atoms with Gasteiger partial charge in [0.25, 0.3) is 0 Å². The fraction of sp³-hybridized carbons (Fsp3) is 0.533. The van der Waals surface area contributed by atoms with E-state index in [1.54, 1.807) is 0 Å². The van der Waals surface area contributed by atoms with Crippen LogP contribution < -0.4 is 0 Å². The van der Waals surface area contributed by atoms with Gasteiger partial charge in [0.15, 0.2) is 17.4 Å². The number of halogens is 3. The molecule has 0 radical (unpaired) electrons. The van der Waals surface area contributed by atoms with E-state index in [4.69, 9.17) is 0 Å². The number of hydrogen-bond acceptors (Lipinski definition) is 1. The third-order valence-electron chi connectivity index (χ3n) is 3.85. The second-order valence-electron chi connectivity index (χ2n) is 5.70. The second-order valence-corrected chi connectivity index (χ2v) is 6.49. The quantitative estimate of drug-likeness (QED) is 0.552. The van der Waals surface area contributed by atoms with Crippen molar-refractivity contribution in [1.82, 2.24) is 0 Å². The van der Waals surface area contributed by atoms with Gasteiger partial charge in [-0.1, -0.05) is 13.8 Å². The Bertz CT molecular complexity index is 491. The maximum Gasteiger partial charge on any atom is 0.173 e. The highest BCUT2D eigenvalue weighted by Crippen LogP contribution is 2.36. The van der Waals surface area contributed by atoms with Crippen molar-refractivity contribution in [2.24, 2.45) is 17.8 Å². The lowest BCUT2D eigenvalue weighted by Gasteiger charge is -2.30. The van der Waals surface area contributed by atoms with Gasteiger partial charge >= 0.3 is 0 Å². The number of hydrogen-bond donors (Lipinski definition) is 0. The lowest BCUT2D eigenvalue weighted by Crippen LogP contribution is -2.26. The van der Waals surface area contributed by atoms with E-state index >= 15 is 0 Å². The van der Waals surface area contributed by atoms with E-state index in [1.165, 1.54) is 6.07 Å². The predicted molar refractivity (Wildman–Crippen MR) is 74.1 cm³/mol. The maximum absolute atomic E-state index is 13.5. The molecule has 1 aromatic rings. The Hall–Kier alpha value is -0.770. The van der Waals surface area contributed by atoms with Crippen LogP contribution in [0.2, 0.25) is 0 Å². The Morgan fingerprint density at radius 1 is 1.16 bits per heavy atom. The summed E-state index contributed by atoms with van der Waals surface area (Å²) in [6.07, 6.45) is 2.78. The fourth-order valence-electron chi connectivity index (χ4n) is 3.10. The molecule has 1 aromatic carbocycles. The average Bonchev–Trinajstić information content (AvgIpc) is 2.34. The zero-order chi connectivity index (χ0) is 14.2.